The Morgan fingerprint density at radius 1 is 1.12 bits per heavy atom. The quantitative estimate of drug-likeness (QED) is 0.804. The minimum Gasteiger partial charge on any atom is -0.312 e. The van der Waals surface area contributed by atoms with E-state index in [-0.39, 0.29) is 0 Å². The number of thiophene rings is 1. The van der Waals surface area contributed by atoms with Gasteiger partial charge < -0.3 is 5.32 Å². The zero-order valence-electron chi connectivity index (χ0n) is 9.25. The third kappa shape index (κ3) is 4.32. The topological polar surface area (TPSA) is 12.0 Å². The summed E-state index contributed by atoms with van der Waals surface area (Å²) in [6.45, 7) is 1.79. The maximum atomic E-state index is 5.92. The van der Waals surface area contributed by atoms with E-state index in [1.807, 2.05) is 24.3 Å². The molecule has 2 aromatic rings. The normalized spacial score (nSPS) is 10.7. The molecule has 0 aliphatic rings. The van der Waals surface area contributed by atoms with Crippen molar-refractivity contribution in [1.82, 2.24) is 5.32 Å². The van der Waals surface area contributed by atoms with Crippen molar-refractivity contribution in [2.24, 2.45) is 0 Å². The van der Waals surface area contributed by atoms with Gasteiger partial charge in [0.05, 0.1) is 4.34 Å². The number of halogens is 2. The van der Waals surface area contributed by atoms with Crippen molar-refractivity contribution in [2.45, 2.75) is 13.0 Å². The third-order valence-corrected chi connectivity index (χ3v) is 3.92. The molecule has 0 spiro atoms. The molecule has 0 fully saturated rings. The summed E-state index contributed by atoms with van der Waals surface area (Å²) in [5, 5.41) is 4.18. The first-order valence-corrected chi connectivity index (χ1v) is 7.00. The van der Waals surface area contributed by atoms with E-state index >= 15 is 0 Å². The SMILES string of the molecule is Clc1cccc(CNCCc2ccc(Cl)s2)c1. The fourth-order valence-corrected chi connectivity index (χ4v) is 2.88. The van der Waals surface area contributed by atoms with Crippen molar-refractivity contribution in [1.29, 1.82) is 0 Å². The summed E-state index contributed by atoms with van der Waals surface area (Å²) in [6, 6.07) is 11.9. The van der Waals surface area contributed by atoms with Gasteiger partial charge in [0.15, 0.2) is 0 Å². The van der Waals surface area contributed by atoms with Crippen LogP contribution in [0.1, 0.15) is 10.4 Å². The smallest absolute Gasteiger partial charge is 0.0931 e. The average Bonchev–Trinajstić information content (AvgIpc) is 2.71. The maximum Gasteiger partial charge on any atom is 0.0931 e. The minimum absolute atomic E-state index is 0.786. The van der Waals surface area contributed by atoms with Crippen LogP contribution in [0.15, 0.2) is 36.4 Å². The Balaban J connectivity index is 1.73. The molecule has 0 saturated carbocycles. The molecule has 0 atom stereocenters. The highest BCUT2D eigenvalue weighted by atomic mass is 35.5. The molecule has 0 saturated heterocycles. The first-order valence-electron chi connectivity index (χ1n) is 5.43. The summed E-state index contributed by atoms with van der Waals surface area (Å²) in [5.74, 6) is 0. The van der Waals surface area contributed by atoms with Crippen LogP contribution >= 0.6 is 34.5 Å². The second-order valence-corrected chi connectivity index (χ2v) is 6.00. The average molecular weight is 286 g/mol. The molecule has 0 bridgehead atoms. The predicted molar refractivity (Wildman–Crippen MR) is 76.2 cm³/mol. The van der Waals surface area contributed by atoms with Gasteiger partial charge in [0.2, 0.25) is 0 Å². The monoisotopic (exact) mass is 285 g/mol. The van der Waals surface area contributed by atoms with Gasteiger partial charge in [-0.3, -0.25) is 0 Å². The number of nitrogens with one attached hydrogen (secondary N) is 1. The van der Waals surface area contributed by atoms with Crippen LogP contribution in [-0.4, -0.2) is 6.54 Å². The van der Waals surface area contributed by atoms with E-state index in [9.17, 15) is 0 Å². The van der Waals surface area contributed by atoms with Gasteiger partial charge in [-0.25, -0.2) is 0 Å². The number of hydrogen-bond donors (Lipinski definition) is 1. The molecule has 1 aromatic carbocycles. The predicted octanol–water partition coefficient (Wildman–Crippen LogP) is 4.39. The van der Waals surface area contributed by atoms with Gasteiger partial charge in [-0.1, -0.05) is 35.3 Å². The van der Waals surface area contributed by atoms with Gasteiger partial charge in [0.1, 0.15) is 0 Å². The Morgan fingerprint density at radius 3 is 2.71 bits per heavy atom. The first kappa shape index (κ1) is 12.9. The van der Waals surface area contributed by atoms with Gasteiger partial charge in [0.25, 0.3) is 0 Å². The standard InChI is InChI=1S/C13H13Cl2NS/c14-11-3-1-2-10(8-11)9-16-7-6-12-4-5-13(15)17-12/h1-5,8,16H,6-7,9H2. The van der Waals surface area contributed by atoms with E-state index in [0.717, 1.165) is 28.9 Å². The highest BCUT2D eigenvalue weighted by Gasteiger charge is 1.98. The van der Waals surface area contributed by atoms with E-state index in [4.69, 9.17) is 23.2 Å². The van der Waals surface area contributed by atoms with Gasteiger partial charge in [-0.2, -0.15) is 0 Å². The van der Waals surface area contributed by atoms with Crippen molar-refractivity contribution >= 4 is 34.5 Å². The molecule has 1 aromatic heterocycles. The summed E-state index contributed by atoms with van der Waals surface area (Å²) >= 11 is 13.4. The summed E-state index contributed by atoms with van der Waals surface area (Å²) in [4.78, 5) is 1.31. The molecule has 1 N–H and O–H groups in total. The van der Waals surface area contributed by atoms with E-state index < -0.39 is 0 Å². The Morgan fingerprint density at radius 2 is 2.00 bits per heavy atom. The van der Waals surface area contributed by atoms with E-state index in [1.54, 1.807) is 11.3 Å². The van der Waals surface area contributed by atoms with Crippen LogP contribution in [0, 0.1) is 0 Å². The lowest BCUT2D eigenvalue weighted by atomic mass is 10.2. The zero-order chi connectivity index (χ0) is 12.1. The summed E-state index contributed by atoms with van der Waals surface area (Å²) < 4.78 is 0.856. The van der Waals surface area contributed by atoms with E-state index in [1.165, 1.54) is 10.4 Å². The molecule has 0 radical (unpaired) electrons. The molecule has 0 unspecified atom stereocenters. The number of hydrogen-bond acceptors (Lipinski definition) is 2. The van der Waals surface area contributed by atoms with Gasteiger partial charge in [0, 0.05) is 23.0 Å². The van der Waals surface area contributed by atoms with E-state index in [2.05, 4.69) is 17.4 Å². The van der Waals surface area contributed by atoms with Crippen LogP contribution in [0.2, 0.25) is 9.36 Å². The molecule has 0 aliphatic heterocycles. The Labute approximate surface area is 115 Å². The summed E-state index contributed by atoms with van der Waals surface area (Å²) in [5.41, 5.74) is 1.21. The zero-order valence-corrected chi connectivity index (χ0v) is 11.6. The first-order chi connectivity index (χ1) is 8.24. The van der Waals surface area contributed by atoms with Crippen molar-refractivity contribution < 1.29 is 0 Å². The lowest BCUT2D eigenvalue weighted by Crippen LogP contribution is -2.16. The highest BCUT2D eigenvalue weighted by Crippen LogP contribution is 2.21. The molecule has 90 valence electrons. The summed E-state index contributed by atoms with van der Waals surface area (Å²) in [7, 11) is 0. The van der Waals surface area contributed by atoms with Crippen LogP contribution in [0.3, 0.4) is 0 Å². The van der Waals surface area contributed by atoms with Crippen molar-refractivity contribution in [3.8, 4) is 0 Å². The number of rotatable bonds is 5. The Hall–Kier alpha value is -0.540. The fourth-order valence-electron chi connectivity index (χ4n) is 1.58. The van der Waals surface area contributed by atoms with Crippen molar-refractivity contribution in [3.63, 3.8) is 0 Å². The summed E-state index contributed by atoms with van der Waals surface area (Å²) in [6.07, 6.45) is 1.01. The lowest BCUT2D eigenvalue weighted by Gasteiger charge is -2.04. The third-order valence-electron chi connectivity index (χ3n) is 2.40. The number of benzene rings is 1. The molecule has 4 heteroatoms. The van der Waals surface area contributed by atoms with Gasteiger partial charge in [-0.05, 0) is 36.2 Å². The fraction of sp³-hybridized carbons (Fsp3) is 0.231. The van der Waals surface area contributed by atoms with Crippen LogP contribution < -0.4 is 5.32 Å². The largest absolute Gasteiger partial charge is 0.312 e. The molecule has 1 heterocycles. The molecular weight excluding hydrogens is 273 g/mol. The molecule has 0 amide bonds. The minimum atomic E-state index is 0.786. The molecule has 2 rings (SSSR count). The Bertz CT molecular complexity index is 482. The maximum absolute atomic E-state index is 5.92. The van der Waals surface area contributed by atoms with Crippen LogP contribution in [0.5, 0.6) is 0 Å². The molecular formula is C13H13Cl2NS. The second kappa shape index (κ2) is 6.41. The lowest BCUT2D eigenvalue weighted by molar-refractivity contribution is 0.691. The van der Waals surface area contributed by atoms with Crippen molar-refractivity contribution in [2.75, 3.05) is 6.54 Å². The van der Waals surface area contributed by atoms with Crippen molar-refractivity contribution in [3.05, 3.63) is 56.2 Å². The van der Waals surface area contributed by atoms with Crippen LogP contribution in [0.25, 0.3) is 0 Å². The van der Waals surface area contributed by atoms with Crippen LogP contribution in [0.4, 0.5) is 0 Å². The van der Waals surface area contributed by atoms with Gasteiger partial charge >= 0.3 is 0 Å². The second-order valence-electron chi connectivity index (χ2n) is 3.76. The van der Waals surface area contributed by atoms with Gasteiger partial charge in [-0.15, -0.1) is 11.3 Å². The molecule has 0 aliphatic carbocycles. The van der Waals surface area contributed by atoms with E-state index in [0.29, 0.717) is 0 Å². The van der Waals surface area contributed by atoms with Crippen LogP contribution in [-0.2, 0) is 13.0 Å². The molecule has 17 heavy (non-hydrogen) atoms. The highest BCUT2D eigenvalue weighted by molar-refractivity contribution is 7.16. The Kier molecular flexibility index (Phi) is 4.86. The molecule has 1 nitrogen and oxygen atoms in total.